The molecule has 0 saturated carbocycles. The predicted molar refractivity (Wildman–Crippen MR) is 80.4 cm³/mol. The summed E-state index contributed by atoms with van der Waals surface area (Å²) in [4.78, 5) is 2.56. The van der Waals surface area contributed by atoms with Crippen LogP contribution >= 0.6 is 0 Å². The summed E-state index contributed by atoms with van der Waals surface area (Å²) in [7, 11) is -0.709. The molecule has 4 atom stereocenters. The molecule has 1 saturated heterocycles. The minimum Gasteiger partial charge on any atom is -0.311 e. The second kappa shape index (κ2) is 6.49. The van der Waals surface area contributed by atoms with Crippen LogP contribution in [-0.2, 0) is 10.8 Å². The van der Waals surface area contributed by atoms with Gasteiger partial charge < -0.3 is 5.32 Å². The van der Waals surface area contributed by atoms with Crippen molar-refractivity contribution < 1.29 is 4.21 Å². The highest BCUT2D eigenvalue weighted by Gasteiger charge is 2.35. The van der Waals surface area contributed by atoms with Crippen molar-refractivity contribution in [3.8, 4) is 0 Å². The maximum absolute atomic E-state index is 11.4. The molecule has 3 nitrogen and oxygen atoms in total. The smallest absolute Gasteiger partial charge is 0.0385 e. The van der Waals surface area contributed by atoms with Gasteiger partial charge in [-0.3, -0.25) is 9.11 Å². The zero-order chi connectivity index (χ0) is 13.9. The van der Waals surface area contributed by atoms with Crippen LogP contribution in [0.15, 0.2) is 0 Å². The van der Waals surface area contributed by atoms with E-state index in [0.29, 0.717) is 18.1 Å². The molecule has 1 aliphatic rings. The van der Waals surface area contributed by atoms with Gasteiger partial charge in [-0.05, 0) is 18.8 Å². The Kier molecular flexibility index (Phi) is 5.81. The van der Waals surface area contributed by atoms with Crippen molar-refractivity contribution >= 4 is 10.8 Å². The highest BCUT2D eigenvalue weighted by atomic mass is 32.2. The van der Waals surface area contributed by atoms with E-state index in [2.05, 4.69) is 44.8 Å². The predicted octanol–water partition coefficient (Wildman–Crippen LogP) is 1.85. The highest BCUT2D eigenvalue weighted by Crippen LogP contribution is 2.25. The number of hydrogen-bond acceptors (Lipinski definition) is 3. The van der Waals surface area contributed by atoms with Crippen LogP contribution in [0, 0.1) is 5.41 Å². The molecule has 4 unspecified atom stereocenters. The molecule has 108 valence electrons. The first-order valence-electron chi connectivity index (χ1n) is 7.04. The van der Waals surface area contributed by atoms with Crippen LogP contribution in [0.4, 0.5) is 0 Å². The van der Waals surface area contributed by atoms with E-state index in [4.69, 9.17) is 0 Å². The van der Waals surface area contributed by atoms with E-state index < -0.39 is 10.8 Å². The van der Waals surface area contributed by atoms with E-state index in [1.807, 2.05) is 0 Å². The standard InChI is InChI=1S/C14H30N2OS/c1-7-12-8-15-13(14(3,4)5)9-16(12)11(2)10-18(6)17/h11-13,15H,7-10H2,1-6H3. The van der Waals surface area contributed by atoms with Gasteiger partial charge in [0, 0.05) is 54.0 Å². The lowest BCUT2D eigenvalue weighted by Gasteiger charge is -2.47. The summed E-state index contributed by atoms with van der Waals surface area (Å²) >= 11 is 0. The molecule has 4 heteroatoms. The molecule has 0 aromatic heterocycles. The van der Waals surface area contributed by atoms with Crippen molar-refractivity contribution in [1.29, 1.82) is 0 Å². The van der Waals surface area contributed by atoms with E-state index in [1.54, 1.807) is 6.26 Å². The zero-order valence-electron chi connectivity index (χ0n) is 12.8. The molecule has 1 rings (SSSR count). The molecule has 18 heavy (non-hydrogen) atoms. The summed E-state index contributed by atoms with van der Waals surface area (Å²) in [5.74, 6) is 0.785. The maximum atomic E-state index is 11.4. The summed E-state index contributed by atoms with van der Waals surface area (Å²) in [5, 5.41) is 3.68. The van der Waals surface area contributed by atoms with E-state index in [0.717, 1.165) is 25.3 Å². The van der Waals surface area contributed by atoms with Gasteiger partial charge in [0.05, 0.1) is 0 Å². The van der Waals surface area contributed by atoms with Crippen molar-refractivity contribution in [2.75, 3.05) is 25.1 Å². The van der Waals surface area contributed by atoms with Gasteiger partial charge in [-0.2, -0.15) is 0 Å². The molecule has 0 amide bonds. The van der Waals surface area contributed by atoms with Gasteiger partial charge in [-0.25, -0.2) is 0 Å². The highest BCUT2D eigenvalue weighted by molar-refractivity contribution is 7.84. The molecule has 1 N–H and O–H groups in total. The number of nitrogens with zero attached hydrogens (tertiary/aromatic N) is 1. The van der Waals surface area contributed by atoms with Crippen LogP contribution < -0.4 is 5.32 Å². The number of hydrogen-bond donors (Lipinski definition) is 1. The Labute approximate surface area is 115 Å². The summed E-state index contributed by atoms with van der Waals surface area (Å²) in [6.45, 7) is 13.5. The lowest BCUT2D eigenvalue weighted by Crippen LogP contribution is -2.62. The van der Waals surface area contributed by atoms with Crippen LogP contribution in [0.1, 0.15) is 41.0 Å². The lowest BCUT2D eigenvalue weighted by molar-refractivity contribution is 0.0606. The van der Waals surface area contributed by atoms with Crippen molar-refractivity contribution in [3.05, 3.63) is 0 Å². The summed E-state index contributed by atoms with van der Waals surface area (Å²) in [6.07, 6.45) is 2.96. The third kappa shape index (κ3) is 4.32. The Morgan fingerprint density at radius 2 is 2.06 bits per heavy atom. The van der Waals surface area contributed by atoms with E-state index in [9.17, 15) is 4.21 Å². The molecule has 0 spiro atoms. The molecule has 1 fully saturated rings. The van der Waals surface area contributed by atoms with Crippen LogP contribution in [0.2, 0.25) is 0 Å². The van der Waals surface area contributed by atoms with Gasteiger partial charge in [0.25, 0.3) is 0 Å². The Hall–Kier alpha value is 0.0700. The molecule has 0 aliphatic carbocycles. The van der Waals surface area contributed by atoms with Crippen LogP contribution in [0.3, 0.4) is 0 Å². The van der Waals surface area contributed by atoms with E-state index in [-0.39, 0.29) is 5.41 Å². The Balaban J connectivity index is 2.73. The van der Waals surface area contributed by atoms with E-state index in [1.165, 1.54) is 0 Å². The molecule has 0 bridgehead atoms. The van der Waals surface area contributed by atoms with Crippen LogP contribution in [0.5, 0.6) is 0 Å². The van der Waals surface area contributed by atoms with Crippen molar-refractivity contribution in [3.63, 3.8) is 0 Å². The molecule has 1 heterocycles. The topological polar surface area (TPSA) is 32.3 Å². The summed E-state index contributed by atoms with van der Waals surface area (Å²) in [5.41, 5.74) is 0.280. The Morgan fingerprint density at radius 3 is 2.50 bits per heavy atom. The number of piperazine rings is 1. The van der Waals surface area contributed by atoms with Crippen molar-refractivity contribution in [2.24, 2.45) is 5.41 Å². The quantitative estimate of drug-likeness (QED) is 0.849. The van der Waals surface area contributed by atoms with Gasteiger partial charge in [0.15, 0.2) is 0 Å². The molecular weight excluding hydrogens is 244 g/mol. The van der Waals surface area contributed by atoms with Gasteiger partial charge in [0.1, 0.15) is 0 Å². The molecule has 0 aromatic carbocycles. The molecule has 1 aliphatic heterocycles. The van der Waals surface area contributed by atoms with Crippen molar-refractivity contribution in [1.82, 2.24) is 10.2 Å². The first-order chi connectivity index (χ1) is 8.25. The van der Waals surface area contributed by atoms with Crippen LogP contribution in [-0.4, -0.2) is 52.3 Å². The van der Waals surface area contributed by atoms with Crippen molar-refractivity contribution in [2.45, 2.75) is 59.2 Å². The second-order valence-corrected chi connectivity index (χ2v) is 8.15. The number of rotatable bonds is 4. The van der Waals surface area contributed by atoms with Gasteiger partial charge in [0.2, 0.25) is 0 Å². The largest absolute Gasteiger partial charge is 0.311 e. The van der Waals surface area contributed by atoms with Gasteiger partial charge in [-0.1, -0.05) is 27.7 Å². The first-order valence-corrected chi connectivity index (χ1v) is 8.77. The second-order valence-electron chi connectivity index (χ2n) is 6.67. The summed E-state index contributed by atoms with van der Waals surface area (Å²) in [6, 6.07) is 1.52. The van der Waals surface area contributed by atoms with Gasteiger partial charge >= 0.3 is 0 Å². The number of nitrogens with one attached hydrogen (secondary N) is 1. The summed E-state index contributed by atoms with van der Waals surface area (Å²) < 4.78 is 11.4. The lowest BCUT2D eigenvalue weighted by atomic mass is 9.84. The van der Waals surface area contributed by atoms with Crippen LogP contribution in [0.25, 0.3) is 0 Å². The van der Waals surface area contributed by atoms with Gasteiger partial charge in [-0.15, -0.1) is 0 Å². The zero-order valence-corrected chi connectivity index (χ0v) is 13.6. The SMILES string of the molecule is CCC1CNC(C(C)(C)C)CN1C(C)CS(C)=O. The normalized spacial score (nSPS) is 30.1. The molecule has 0 radical (unpaired) electrons. The Morgan fingerprint density at radius 1 is 1.44 bits per heavy atom. The fourth-order valence-electron chi connectivity index (χ4n) is 2.75. The molecular formula is C14H30N2OS. The third-order valence-electron chi connectivity index (χ3n) is 4.02. The third-order valence-corrected chi connectivity index (χ3v) is 4.97. The minimum absolute atomic E-state index is 0.280. The minimum atomic E-state index is -0.709. The monoisotopic (exact) mass is 274 g/mol. The Bertz CT molecular complexity index is 288. The fourth-order valence-corrected chi connectivity index (χ4v) is 3.62. The van der Waals surface area contributed by atoms with E-state index >= 15 is 0 Å². The maximum Gasteiger partial charge on any atom is 0.0385 e. The first kappa shape index (κ1) is 16.1. The molecule has 0 aromatic rings. The average Bonchev–Trinajstić information content (AvgIpc) is 2.26. The average molecular weight is 274 g/mol. The fraction of sp³-hybridized carbons (Fsp3) is 1.00.